The zero-order valence-electron chi connectivity index (χ0n) is 16.9. The van der Waals surface area contributed by atoms with Crippen molar-refractivity contribution in [3.05, 3.63) is 84.2 Å². The van der Waals surface area contributed by atoms with Crippen LogP contribution >= 0.6 is 27.5 Å². The summed E-state index contributed by atoms with van der Waals surface area (Å²) in [6, 6.07) is 7.44. The van der Waals surface area contributed by atoms with E-state index in [0.29, 0.717) is 41.9 Å². The van der Waals surface area contributed by atoms with E-state index in [-0.39, 0.29) is 22.1 Å². The first-order valence-corrected chi connectivity index (χ1v) is 11.0. The second-order valence-electron chi connectivity index (χ2n) is 7.54. The van der Waals surface area contributed by atoms with Gasteiger partial charge in [0, 0.05) is 62.7 Å². The number of non-ortho nitro benzene ring substituents is 1. The van der Waals surface area contributed by atoms with Crippen molar-refractivity contribution in [2.75, 3.05) is 5.32 Å². The average Bonchev–Trinajstić information content (AvgIpc) is 2.74. The smallest absolute Gasteiger partial charge is 0.269 e. The lowest BCUT2D eigenvalue weighted by molar-refractivity contribution is -0.384. The Morgan fingerprint density at radius 1 is 1.31 bits per heavy atom. The Bertz CT molecular complexity index is 1210. The maximum atomic E-state index is 13.4. The molecule has 1 unspecified atom stereocenters. The Labute approximate surface area is 197 Å². The maximum Gasteiger partial charge on any atom is 0.269 e. The van der Waals surface area contributed by atoms with Crippen LogP contribution in [0.1, 0.15) is 37.7 Å². The van der Waals surface area contributed by atoms with Crippen molar-refractivity contribution < 1.29 is 14.5 Å². The van der Waals surface area contributed by atoms with Crippen LogP contribution < -0.4 is 10.6 Å². The lowest BCUT2D eigenvalue weighted by atomic mass is 9.75. The van der Waals surface area contributed by atoms with Crippen LogP contribution in [-0.2, 0) is 9.59 Å². The molecule has 0 radical (unpaired) electrons. The highest BCUT2D eigenvalue weighted by Gasteiger charge is 2.40. The number of nitro groups is 1. The fourth-order valence-electron chi connectivity index (χ4n) is 4.09. The summed E-state index contributed by atoms with van der Waals surface area (Å²) < 4.78 is 0.758. The number of hydrogen-bond acceptors (Lipinski definition) is 6. The Balaban J connectivity index is 1.85. The van der Waals surface area contributed by atoms with E-state index < -0.39 is 16.7 Å². The van der Waals surface area contributed by atoms with Gasteiger partial charge in [-0.2, -0.15) is 0 Å². The number of allylic oxidation sites excluding steroid dienone is 3. The molecule has 1 amide bonds. The third-order valence-corrected chi connectivity index (χ3v) is 6.30. The van der Waals surface area contributed by atoms with Crippen LogP contribution in [-0.4, -0.2) is 21.6 Å². The van der Waals surface area contributed by atoms with Gasteiger partial charge in [-0.15, -0.1) is 0 Å². The monoisotopic (exact) mass is 516 g/mol. The molecular weight excluding hydrogens is 500 g/mol. The van der Waals surface area contributed by atoms with Crippen molar-refractivity contribution in [1.82, 2.24) is 10.3 Å². The van der Waals surface area contributed by atoms with E-state index in [1.54, 1.807) is 25.3 Å². The molecule has 32 heavy (non-hydrogen) atoms. The molecule has 1 aromatic heterocycles. The third kappa shape index (κ3) is 4.18. The lowest BCUT2D eigenvalue weighted by Crippen LogP contribution is -2.35. The van der Waals surface area contributed by atoms with Gasteiger partial charge in [-0.05, 0) is 59.5 Å². The van der Waals surface area contributed by atoms with Crippen molar-refractivity contribution >= 4 is 50.7 Å². The molecule has 0 saturated carbocycles. The van der Waals surface area contributed by atoms with E-state index in [9.17, 15) is 19.7 Å². The molecule has 4 rings (SSSR count). The fourth-order valence-corrected chi connectivity index (χ4v) is 4.56. The Morgan fingerprint density at radius 3 is 2.78 bits per heavy atom. The van der Waals surface area contributed by atoms with Crippen LogP contribution in [0.25, 0.3) is 0 Å². The normalized spacial score (nSPS) is 18.2. The van der Waals surface area contributed by atoms with Crippen molar-refractivity contribution in [2.45, 2.75) is 32.1 Å². The number of halogens is 2. The second-order valence-corrected chi connectivity index (χ2v) is 8.87. The Hall–Kier alpha value is -3.04. The number of benzene rings is 1. The second kappa shape index (κ2) is 8.84. The summed E-state index contributed by atoms with van der Waals surface area (Å²) in [6.07, 6.45) is 3.23. The summed E-state index contributed by atoms with van der Waals surface area (Å²) in [5, 5.41) is 17.6. The van der Waals surface area contributed by atoms with Gasteiger partial charge in [0.25, 0.3) is 11.6 Å². The number of anilines is 1. The summed E-state index contributed by atoms with van der Waals surface area (Å²) in [5.74, 6) is -1.08. The van der Waals surface area contributed by atoms with Crippen molar-refractivity contribution in [1.29, 1.82) is 0 Å². The van der Waals surface area contributed by atoms with E-state index in [1.165, 1.54) is 18.2 Å². The summed E-state index contributed by atoms with van der Waals surface area (Å²) in [7, 11) is 0. The zero-order chi connectivity index (χ0) is 23.0. The highest BCUT2D eigenvalue weighted by Crippen LogP contribution is 2.45. The molecule has 1 atom stereocenters. The van der Waals surface area contributed by atoms with Gasteiger partial charge >= 0.3 is 0 Å². The van der Waals surface area contributed by atoms with Crippen LogP contribution in [0.2, 0.25) is 5.02 Å². The number of amides is 1. The standard InChI is InChI=1S/C22H18BrClN4O4/c1-11-19(22(30)27-18-8-5-12(23)10-25-18)20(21-16(26-11)3-2-4-17(21)29)14-9-13(28(31)32)6-7-15(14)24/h5-10,20,26H,2-4H2,1H3,(H,25,27,30). The molecule has 2 aromatic rings. The van der Waals surface area contributed by atoms with Crippen LogP contribution in [0.5, 0.6) is 0 Å². The number of aromatic nitrogens is 1. The first kappa shape index (κ1) is 22.2. The predicted octanol–water partition coefficient (Wildman–Crippen LogP) is 5.01. The number of dihydropyridines is 1. The molecule has 0 spiro atoms. The highest BCUT2D eigenvalue weighted by molar-refractivity contribution is 9.10. The molecule has 1 aliphatic heterocycles. The van der Waals surface area contributed by atoms with E-state index in [2.05, 4.69) is 31.5 Å². The Kier molecular flexibility index (Phi) is 6.12. The molecular formula is C22H18BrClN4O4. The summed E-state index contributed by atoms with van der Waals surface area (Å²) in [5.41, 5.74) is 2.16. The molecule has 1 aliphatic carbocycles. The quantitative estimate of drug-likeness (QED) is 0.435. The van der Waals surface area contributed by atoms with E-state index in [4.69, 9.17) is 11.6 Å². The topological polar surface area (TPSA) is 114 Å². The van der Waals surface area contributed by atoms with Gasteiger partial charge in [-0.25, -0.2) is 4.98 Å². The SMILES string of the molecule is CC1=C(C(=O)Nc2ccc(Br)cn2)C(c2cc([N+](=O)[O-])ccc2Cl)C2=C(CCCC2=O)N1. The largest absolute Gasteiger partial charge is 0.362 e. The minimum Gasteiger partial charge on any atom is -0.362 e. The Morgan fingerprint density at radius 2 is 2.09 bits per heavy atom. The summed E-state index contributed by atoms with van der Waals surface area (Å²) in [4.78, 5) is 41.4. The van der Waals surface area contributed by atoms with Crippen molar-refractivity contribution in [3.63, 3.8) is 0 Å². The predicted molar refractivity (Wildman–Crippen MR) is 123 cm³/mol. The summed E-state index contributed by atoms with van der Waals surface area (Å²) in [6.45, 7) is 1.74. The molecule has 8 nitrogen and oxygen atoms in total. The van der Waals surface area contributed by atoms with Gasteiger partial charge in [0.1, 0.15) is 5.82 Å². The molecule has 164 valence electrons. The number of nitro benzene ring substituents is 1. The minimum atomic E-state index is -0.832. The van der Waals surface area contributed by atoms with Gasteiger partial charge in [-0.3, -0.25) is 19.7 Å². The van der Waals surface area contributed by atoms with Crippen LogP contribution in [0.3, 0.4) is 0 Å². The molecule has 0 saturated heterocycles. The number of pyridine rings is 1. The highest BCUT2D eigenvalue weighted by atomic mass is 79.9. The number of Topliss-reactive ketones (excluding diaryl/α,β-unsaturated/α-hetero) is 1. The number of ketones is 1. The molecule has 2 N–H and O–H groups in total. The third-order valence-electron chi connectivity index (χ3n) is 5.49. The zero-order valence-corrected chi connectivity index (χ0v) is 19.3. The molecule has 1 aromatic carbocycles. The van der Waals surface area contributed by atoms with Gasteiger partial charge in [0.15, 0.2) is 5.78 Å². The van der Waals surface area contributed by atoms with Crippen molar-refractivity contribution in [2.24, 2.45) is 0 Å². The number of nitrogens with one attached hydrogen (secondary N) is 2. The van der Waals surface area contributed by atoms with E-state index in [1.807, 2.05) is 0 Å². The van der Waals surface area contributed by atoms with Gasteiger partial charge in [-0.1, -0.05) is 11.6 Å². The average molecular weight is 518 g/mol. The molecule has 0 bridgehead atoms. The molecule has 0 fully saturated rings. The number of nitrogens with zero attached hydrogens (tertiary/aromatic N) is 2. The van der Waals surface area contributed by atoms with Gasteiger partial charge in [0.2, 0.25) is 0 Å². The van der Waals surface area contributed by atoms with Gasteiger partial charge < -0.3 is 10.6 Å². The van der Waals surface area contributed by atoms with Gasteiger partial charge in [0.05, 0.1) is 4.92 Å². The van der Waals surface area contributed by atoms with Crippen LogP contribution in [0.4, 0.5) is 11.5 Å². The molecule has 10 heteroatoms. The fraction of sp³-hybridized carbons (Fsp3) is 0.227. The maximum absolute atomic E-state index is 13.4. The first-order valence-electron chi connectivity index (χ1n) is 9.87. The lowest BCUT2D eigenvalue weighted by Gasteiger charge is -2.34. The minimum absolute atomic E-state index is 0.106. The summed E-state index contributed by atoms with van der Waals surface area (Å²) >= 11 is 9.76. The number of carbonyl (C=O) groups is 2. The van der Waals surface area contributed by atoms with E-state index >= 15 is 0 Å². The number of carbonyl (C=O) groups excluding carboxylic acids is 2. The molecule has 2 aliphatic rings. The molecule has 2 heterocycles. The first-order chi connectivity index (χ1) is 15.3. The van der Waals surface area contributed by atoms with E-state index in [0.717, 1.165) is 10.2 Å². The number of hydrogen-bond donors (Lipinski definition) is 2. The van der Waals surface area contributed by atoms with Crippen molar-refractivity contribution in [3.8, 4) is 0 Å². The van der Waals surface area contributed by atoms with Crippen LogP contribution in [0, 0.1) is 10.1 Å². The number of rotatable bonds is 4. The van der Waals surface area contributed by atoms with Crippen LogP contribution in [0.15, 0.2) is 63.5 Å².